The lowest BCUT2D eigenvalue weighted by molar-refractivity contribution is -0.118. The number of pyridine rings is 1. The highest BCUT2D eigenvalue weighted by Crippen LogP contribution is 2.44. The largest absolute Gasteiger partial charge is 0.396 e. The Morgan fingerprint density at radius 2 is 2.17 bits per heavy atom. The minimum absolute atomic E-state index is 0.00851. The Labute approximate surface area is 111 Å². The number of carbonyl (C=O) groups excluding carboxylic acids is 1. The number of aliphatic hydroxyl groups is 1. The van der Waals surface area contributed by atoms with E-state index in [-0.39, 0.29) is 17.9 Å². The van der Waals surface area contributed by atoms with Crippen LogP contribution in [0.2, 0.25) is 0 Å². The smallest absolute Gasteiger partial charge is 0.230 e. The molecule has 0 aliphatic heterocycles. The number of nitrogens with one attached hydrogen (secondary N) is 1. The van der Waals surface area contributed by atoms with E-state index in [4.69, 9.17) is 5.11 Å². The van der Waals surface area contributed by atoms with Crippen molar-refractivity contribution in [3.8, 4) is 0 Å². The van der Waals surface area contributed by atoms with Crippen molar-refractivity contribution in [2.75, 3.05) is 18.9 Å². The second-order valence-corrected chi connectivity index (χ2v) is 5.77. The van der Waals surface area contributed by atoms with Crippen LogP contribution in [0, 0.1) is 5.41 Å². The van der Waals surface area contributed by atoms with E-state index in [0.29, 0.717) is 12.3 Å². The summed E-state index contributed by atoms with van der Waals surface area (Å²) in [6.45, 7) is 0.787. The van der Waals surface area contributed by atoms with E-state index >= 15 is 0 Å². The fourth-order valence-electron chi connectivity index (χ4n) is 1.65. The third-order valence-corrected chi connectivity index (χ3v) is 4.21. The molecule has 0 aromatic carbocycles. The van der Waals surface area contributed by atoms with Crippen molar-refractivity contribution in [2.45, 2.75) is 18.6 Å². The fraction of sp³-hybridized carbons (Fsp3) is 0.538. The Hall–Kier alpha value is -1.07. The van der Waals surface area contributed by atoms with Gasteiger partial charge in [0.2, 0.25) is 5.91 Å². The third-order valence-electron chi connectivity index (χ3n) is 3.20. The molecule has 2 rings (SSSR count). The number of rotatable bonds is 7. The number of amides is 1. The van der Waals surface area contributed by atoms with Gasteiger partial charge in [-0.15, -0.1) is 11.8 Å². The van der Waals surface area contributed by atoms with E-state index < -0.39 is 0 Å². The average molecular weight is 266 g/mol. The van der Waals surface area contributed by atoms with Crippen molar-refractivity contribution in [1.29, 1.82) is 0 Å². The summed E-state index contributed by atoms with van der Waals surface area (Å²) in [6.07, 6.45) is 5.56. The second kappa shape index (κ2) is 6.20. The van der Waals surface area contributed by atoms with Gasteiger partial charge in [-0.05, 0) is 30.5 Å². The van der Waals surface area contributed by atoms with Gasteiger partial charge in [0.15, 0.2) is 0 Å². The summed E-state index contributed by atoms with van der Waals surface area (Å²) in [5, 5.41) is 12.0. The number of nitrogens with zero attached hydrogens (tertiary/aromatic N) is 1. The molecule has 0 spiro atoms. The van der Waals surface area contributed by atoms with Crippen molar-refractivity contribution < 1.29 is 9.90 Å². The molecule has 0 saturated heterocycles. The minimum Gasteiger partial charge on any atom is -0.396 e. The lowest BCUT2D eigenvalue weighted by atomic mass is 10.1. The summed E-state index contributed by atoms with van der Waals surface area (Å²) in [5.74, 6) is 1.33. The van der Waals surface area contributed by atoms with Gasteiger partial charge < -0.3 is 10.4 Å². The van der Waals surface area contributed by atoms with Gasteiger partial charge in [0.1, 0.15) is 0 Å². The van der Waals surface area contributed by atoms with Crippen molar-refractivity contribution in [3.05, 3.63) is 30.1 Å². The van der Waals surface area contributed by atoms with E-state index in [0.717, 1.165) is 18.6 Å². The maximum absolute atomic E-state index is 11.6. The molecule has 2 N–H and O–H groups in total. The molecular weight excluding hydrogens is 248 g/mol. The van der Waals surface area contributed by atoms with Gasteiger partial charge in [0.05, 0.1) is 12.4 Å². The van der Waals surface area contributed by atoms with Crippen LogP contribution < -0.4 is 5.32 Å². The van der Waals surface area contributed by atoms with Crippen molar-refractivity contribution in [3.63, 3.8) is 0 Å². The quantitative estimate of drug-likeness (QED) is 0.778. The summed E-state index contributed by atoms with van der Waals surface area (Å²) in [4.78, 5) is 15.5. The van der Waals surface area contributed by atoms with Crippen LogP contribution in [0.5, 0.6) is 0 Å². The first-order chi connectivity index (χ1) is 8.74. The van der Waals surface area contributed by atoms with Gasteiger partial charge in [0.25, 0.3) is 0 Å². The third kappa shape index (κ3) is 3.99. The predicted octanol–water partition coefficient (Wildman–Crippen LogP) is 1.20. The first-order valence-corrected chi connectivity index (χ1v) is 7.24. The lowest BCUT2D eigenvalue weighted by Crippen LogP contribution is -2.33. The number of hydrogen-bond acceptors (Lipinski definition) is 4. The van der Waals surface area contributed by atoms with E-state index in [2.05, 4.69) is 10.3 Å². The topological polar surface area (TPSA) is 62.2 Å². The van der Waals surface area contributed by atoms with Crippen molar-refractivity contribution >= 4 is 17.7 Å². The fourth-order valence-corrected chi connectivity index (χ4v) is 2.46. The highest BCUT2D eigenvalue weighted by atomic mass is 32.2. The lowest BCUT2D eigenvalue weighted by Gasteiger charge is -2.12. The molecule has 0 radical (unpaired) electrons. The SMILES string of the molecule is O=C(CSCc1ccncc1)NCC1(CO)CC1. The molecular formula is C13H18N2O2S. The number of aliphatic hydroxyl groups excluding tert-OH is 1. The molecule has 5 heteroatoms. The summed E-state index contributed by atoms with van der Waals surface area (Å²) in [5.41, 5.74) is 1.17. The Bertz CT molecular complexity index is 393. The van der Waals surface area contributed by atoms with Crippen LogP contribution in [-0.4, -0.2) is 34.9 Å². The molecule has 1 aliphatic carbocycles. The van der Waals surface area contributed by atoms with Crippen molar-refractivity contribution in [1.82, 2.24) is 10.3 Å². The van der Waals surface area contributed by atoms with Crippen LogP contribution in [0.25, 0.3) is 0 Å². The summed E-state index contributed by atoms with van der Waals surface area (Å²) in [7, 11) is 0. The standard InChI is InChI=1S/C13H18N2O2S/c16-10-13(3-4-13)9-15-12(17)8-18-7-11-1-5-14-6-2-11/h1-2,5-6,16H,3-4,7-10H2,(H,15,17). The van der Waals surface area contributed by atoms with Crippen LogP contribution in [0.15, 0.2) is 24.5 Å². The Kier molecular flexibility index (Phi) is 4.60. The molecule has 98 valence electrons. The molecule has 1 fully saturated rings. The second-order valence-electron chi connectivity index (χ2n) is 4.78. The molecule has 1 saturated carbocycles. The highest BCUT2D eigenvalue weighted by Gasteiger charge is 2.41. The van der Waals surface area contributed by atoms with Gasteiger partial charge in [-0.1, -0.05) is 0 Å². The molecule has 0 bridgehead atoms. The van der Waals surface area contributed by atoms with E-state index in [1.54, 1.807) is 24.2 Å². The van der Waals surface area contributed by atoms with Gasteiger partial charge >= 0.3 is 0 Å². The van der Waals surface area contributed by atoms with Gasteiger partial charge in [-0.3, -0.25) is 9.78 Å². The van der Waals surface area contributed by atoms with E-state index in [1.165, 1.54) is 5.56 Å². The van der Waals surface area contributed by atoms with Gasteiger partial charge in [-0.25, -0.2) is 0 Å². The Morgan fingerprint density at radius 1 is 1.44 bits per heavy atom. The molecule has 1 aromatic heterocycles. The Morgan fingerprint density at radius 3 is 2.78 bits per heavy atom. The minimum atomic E-state index is -0.00851. The zero-order chi connectivity index (χ0) is 12.8. The van der Waals surface area contributed by atoms with Crippen molar-refractivity contribution in [2.24, 2.45) is 5.41 Å². The van der Waals surface area contributed by atoms with Gasteiger partial charge in [-0.2, -0.15) is 0 Å². The molecule has 0 atom stereocenters. The number of aromatic nitrogens is 1. The summed E-state index contributed by atoms with van der Waals surface area (Å²) in [6, 6.07) is 3.91. The number of carbonyl (C=O) groups is 1. The maximum atomic E-state index is 11.6. The number of thioether (sulfide) groups is 1. The van der Waals surface area contributed by atoms with Crippen LogP contribution >= 0.6 is 11.8 Å². The zero-order valence-electron chi connectivity index (χ0n) is 10.3. The summed E-state index contributed by atoms with van der Waals surface area (Å²) >= 11 is 1.59. The van der Waals surface area contributed by atoms with Crippen LogP contribution in [0.4, 0.5) is 0 Å². The monoisotopic (exact) mass is 266 g/mol. The zero-order valence-corrected chi connectivity index (χ0v) is 11.1. The van der Waals surface area contributed by atoms with E-state index in [9.17, 15) is 4.79 Å². The molecule has 1 amide bonds. The molecule has 18 heavy (non-hydrogen) atoms. The van der Waals surface area contributed by atoms with Crippen LogP contribution in [-0.2, 0) is 10.5 Å². The van der Waals surface area contributed by atoms with Gasteiger partial charge in [0, 0.05) is 30.1 Å². The van der Waals surface area contributed by atoms with Crippen LogP contribution in [0.3, 0.4) is 0 Å². The number of hydrogen-bond donors (Lipinski definition) is 2. The predicted molar refractivity (Wildman–Crippen MR) is 72.2 cm³/mol. The first kappa shape index (κ1) is 13.4. The molecule has 1 aromatic rings. The molecule has 1 aliphatic rings. The molecule has 4 nitrogen and oxygen atoms in total. The Balaban J connectivity index is 1.60. The van der Waals surface area contributed by atoms with E-state index in [1.807, 2.05) is 12.1 Å². The normalized spacial score (nSPS) is 16.3. The maximum Gasteiger partial charge on any atom is 0.230 e. The molecule has 1 heterocycles. The highest BCUT2D eigenvalue weighted by molar-refractivity contribution is 7.99. The van der Waals surface area contributed by atoms with Crippen LogP contribution in [0.1, 0.15) is 18.4 Å². The molecule has 0 unspecified atom stereocenters. The average Bonchev–Trinajstić information content (AvgIpc) is 3.18. The summed E-state index contributed by atoms with van der Waals surface area (Å²) < 4.78 is 0. The first-order valence-electron chi connectivity index (χ1n) is 6.08.